The highest BCUT2D eigenvalue weighted by Gasteiger charge is 2.14. The van der Waals surface area contributed by atoms with Crippen LogP contribution in [0.25, 0.3) is 0 Å². The molecule has 0 aliphatic carbocycles. The van der Waals surface area contributed by atoms with Crippen molar-refractivity contribution in [1.29, 1.82) is 0 Å². The van der Waals surface area contributed by atoms with Crippen LogP contribution in [0.15, 0.2) is 23.2 Å². The Morgan fingerprint density at radius 1 is 1.11 bits per heavy atom. The van der Waals surface area contributed by atoms with E-state index in [-0.39, 0.29) is 24.0 Å². The van der Waals surface area contributed by atoms with Crippen LogP contribution in [-0.4, -0.2) is 64.9 Å². The van der Waals surface area contributed by atoms with Gasteiger partial charge in [0.05, 0.1) is 14.2 Å². The van der Waals surface area contributed by atoms with Crippen LogP contribution in [0, 0.1) is 5.92 Å². The van der Waals surface area contributed by atoms with Crippen LogP contribution in [0.4, 0.5) is 0 Å². The number of hydrogen-bond donors (Lipinski definition) is 2. The van der Waals surface area contributed by atoms with Crippen LogP contribution >= 0.6 is 24.0 Å². The number of likely N-dealkylation sites (tertiary alicyclic amines) is 1. The molecule has 154 valence electrons. The van der Waals surface area contributed by atoms with E-state index in [0.717, 1.165) is 49.4 Å². The Labute approximate surface area is 181 Å². The van der Waals surface area contributed by atoms with E-state index in [1.165, 1.54) is 31.5 Å². The van der Waals surface area contributed by atoms with Crippen LogP contribution in [0.1, 0.15) is 25.3 Å². The molecule has 2 rings (SSSR count). The molecule has 0 unspecified atom stereocenters. The standard InChI is InChI=1S/C20H34N4O2.HI/c1-16-8-12-24(13-9-16)14-11-23-20(21-2)22-10-7-17-5-6-18(25-3)19(15-17)26-4;/h5-6,15-16H,7-14H2,1-4H3,(H2,21,22,23);1H. The number of ether oxygens (including phenoxy) is 2. The first kappa shape index (κ1) is 23.8. The van der Waals surface area contributed by atoms with Crippen molar-refractivity contribution >= 4 is 29.9 Å². The minimum absolute atomic E-state index is 0. The van der Waals surface area contributed by atoms with Crippen LogP contribution in [-0.2, 0) is 6.42 Å². The van der Waals surface area contributed by atoms with Gasteiger partial charge in [-0.05, 0) is 56.0 Å². The summed E-state index contributed by atoms with van der Waals surface area (Å²) >= 11 is 0. The number of guanidine groups is 1. The van der Waals surface area contributed by atoms with Gasteiger partial charge in [0, 0.05) is 26.7 Å². The first-order valence-corrected chi connectivity index (χ1v) is 9.54. The molecule has 1 aliphatic heterocycles. The van der Waals surface area contributed by atoms with Crippen LogP contribution in [0.5, 0.6) is 11.5 Å². The second-order valence-electron chi connectivity index (χ2n) is 6.89. The monoisotopic (exact) mass is 490 g/mol. The molecule has 1 fully saturated rings. The Bertz CT molecular complexity index is 575. The highest BCUT2D eigenvalue weighted by molar-refractivity contribution is 14.0. The van der Waals surface area contributed by atoms with Crippen molar-refractivity contribution in [2.24, 2.45) is 10.9 Å². The van der Waals surface area contributed by atoms with E-state index in [2.05, 4.69) is 33.5 Å². The van der Waals surface area contributed by atoms with Gasteiger partial charge < -0.3 is 25.0 Å². The van der Waals surface area contributed by atoms with Gasteiger partial charge in [-0.25, -0.2) is 0 Å². The number of methoxy groups -OCH3 is 2. The third kappa shape index (κ3) is 8.13. The molecule has 2 N–H and O–H groups in total. The van der Waals surface area contributed by atoms with E-state index in [1.807, 2.05) is 19.2 Å². The Kier molecular flexibility index (Phi) is 11.5. The fourth-order valence-corrected chi connectivity index (χ4v) is 3.20. The topological polar surface area (TPSA) is 58.1 Å². The van der Waals surface area contributed by atoms with Crippen molar-refractivity contribution in [3.05, 3.63) is 23.8 Å². The fraction of sp³-hybridized carbons (Fsp3) is 0.650. The molecule has 0 spiro atoms. The summed E-state index contributed by atoms with van der Waals surface area (Å²) in [6, 6.07) is 6.03. The second kappa shape index (κ2) is 13.0. The predicted molar refractivity (Wildman–Crippen MR) is 123 cm³/mol. The largest absolute Gasteiger partial charge is 0.493 e. The van der Waals surface area contributed by atoms with E-state index < -0.39 is 0 Å². The minimum atomic E-state index is 0. The van der Waals surface area contributed by atoms with Gasteiger partial charge in [-0.15, -0.1) is 24.0 Å². The summed E-state index contributed by atoms with van der Waals surface area (Å²) in [5.41, 5.74) is 1.20. The van der Waals surface area contributed by atoms with Crippen molar-refractivity contribution in [2.45, 2.75) is 26.2 Å². The van der Waals surface area contributed by atoms with Crippen molar-refractivity contribution in [1.82, 2.24) is 15.5 Å². The van der Waals surface area contributed by atoms with Gasteiger partial charge >= 0.3 is 0 Å². The van der Waals surface area contributed by atoms with Gasteiger partial charge in [0.15, 0.2) is 17.5 Å². The van der Waals surface area contributed by atoms with Crippen molar-refractivity contribution in [3.8, 4) is 11.5 Å². The Morgan fingerprint density at radius 2 is 1.78 bits per heavy atom. The molecular formula is C20H35IN4O2. The summed E-state index contributed by atoms with van der Waals surface area (Å²) in [6.07, 6.45) is 3.53. The smallest absolute Gasteiger partial charge is 0.191 e. The first-order valence-electron chi connectivity index (χ1n) is 9.54. The number of piperidine rings is 1. The molecular weight excluding hydrogens is 455 g/mol. The quantitative estimate of drug-likeness (QED) is 0.334. The SMILES string of the molecule is CN=C(NCCc1ccc(OC)c(OC)c1)NCCN1CCC(C)CC1.I. The highest BCUT2D eigenvalue weighted by atomic mass is 127. The fourth-order valence-electron chi connectivity index (χ4n) is 3.20. The lowest BCUT2D eigenvalue weighted by Gasteiger charge is -2.30. The summed E-state index contributed by atoms with van der Waals surface area (Å²) in [5.74, 6) is 3.26. The van der Waals surface area contributed by atoms with Crippen LogP contribution < -0.4 is 20.1 Å². The summed E-state index contributed by atoms with van der Waals surface area (Å²) < 4.78 is 10.6. The number of nitrogens with zero attached hydrogens (tertiary/aromatic N) is 2. The van der Waals surface area contributed by atoms with E-state index in [0.29, 0.717) is 0 Å². The molecule has 27 heavy (non-hydrogen) atoms. The van der Waals surface area contributed by atoms with E-state index in [9.17, 15) is 0 Å². The first-order chi connectivity index (χ1) is 12.7. The van der Waals surface area contributed by atoms with Gasteiger partial charge in [0.2, 0.25) is 0 Å². The second-order valence-corrected chi connectivity index (χ2v) is 6.89. The van der Waals surface area contributed by atoms with Gasteiger partial charge in [0.25, 0.3) is 0 Å². The van der Waals surface area contributed by atoms with E-state index in [1.54, 1.807) is 14.2 Å². The number of nitrogens with one attached hydrogen (secondary N) is 2. The predicted octanol–water partition coefficient (Wildman–Crippen LogP) is 2.76. The average Bonchev–Trinajstić information content (AvgIpc) is 2.68. The summed E-state index contributed by atoms with van der Waals surface area (Å²) in [7, 11) is 5.13. The molecule has 1 aliphatic rings. The summed E-state index contributed by atoms with van der Waals surface area (Å²) in [6.45, 7) is 7.59. The number of aliphatic imine (C=N–C) groups is 1. The lowest BCUT2D eigenvalue weighted by atomic mass is 9.99. The zero-order valence-electron chi connectivity index (χ0n) is 17.1. The number of rotatable bonds is 8. The maximum Gasteiger partial charge on any atom is 0.191 e. The molecule has 7 heteroatoms. The van der Waals surface area contributed by atoms with Crippen molar-refractivity contribution in [3.63, 3.8) is 0 Å². The van der Waals surface area contributed by atoms with E-state index >= 15 is 0 Å². The Balaban J connectivity index is 0.00000364. The molecule has 0 atom stereocenters. The molecule has 0 amide bonds. The highest BCUT2D eigenvalue weighted by Crippen LogP contribution is 2.27. The normalized spacial score (nSPS) is 15.8. The molecule has 1 aromatic carbocycles. The molecule has 0 saturated carbocycles. The van der Waals surface area contributed by atoms with Crippen LogP contribution in [0.2, 0.25) is 0 Å². The van der Waals surface area contributed by atoms with Gasteiger partial charge in [-0.2, -0.15) is 0 Å². The summed E-state index contributed by atoms with van der Waals surface area (Å²) in [4.78, 5) is 6.84. The molecule has 1 heterocycles. The number of benzene rings is 1. The molecule has 6 nitrogen and oxygen atoms in total. The number of halogens is 1. The van der Waals surface area contributed by atoms with Gasteiger partial charge in [-0.1, -0.05) is 13.0 Å². The molecule has 1 saturated heterocycles. The molecule has 0 aromatic heterocycles. The lowest BCUT2D eigenvalue weighted by Crippen LogP contribution is -2.43. The van der Waals surface area contributed by atoms with E-state index in [4.69, 9.17) is 9.47 Å². The van der Waals surface area contributed by atoms with Gasteiger partial charge in [0.1, 0.15) is 0 Å². The van der Waals surface area contributed by atoms with Gasteiger partial charge in [-0.3, -0.25) is 4.99 Å². The average molecular weight is 490 g/mol. The molecule has 0 radical (unpaired) electrons. The number of hydrogen-bond acceptors (Lipinski definition) is 4. The zero-order valence-corrected chi connectivity index (χ0v) is 19.4. The third-order valence-corrected chi connectivity index (χ3v) is 4.97. The Morgan fingerprint density at radius 3 is 2.41 bits per heavy atom. The Hall–Kier alpha value is -1.22. The maximum absolute atomic E-state index is 5.36. The maximum atomic E-state index is 5.36. The van der Waals surface area contributed by atoms with Crippen molar-refractivity contribution < 1.29 is 9.47 Å². The third-order valence-electron chi connectivity index (χ3n) is 4.97. The van der Waals surface area contributed by atoms with Crippen LogP contribution in [0.3, 0.4) is 0 Å². The van der Waals surface area contributed by atoms with Crippen molar-refractivity contribution in [2.75, 3.05) is 54.0 Å². The molecule has 0 bridgehead atoms. The minimum Gasteiger partial charge on any atom is -0.493 e. The lowest BCUT2D eigenvalue weighted by molar-refractivity contribution is 0.195. The zero-order chi connectivity index (χ0) is 18.8. The molecule has 1 aromatic rings. The summed E-state index contributed by atoms with van der Waals surface area (Å²) in [5, 5.41) is 6.78.